The molecule has 1 aliphatic heterocycles. The van der Waals surface area contributed by atoms with Crippen molar-refractivity contribution in [2.45, 2.75) is 33.1 Å². The fourth-order valence-electron chi connectivity index (χ4n) is 2.88. The highest BCUT2D eigenvalue weighted by Crippen LogP contribution is 2.19. The summed E-state index contributed by atoms with van der Waals surface area (Å²) in [4.78, 5) is 14.4. The SMILES string of the molecule is CCOC(=O)c1cccc(NC(=S)NCCCN2CCCC2)c1C. The van der Waals surface area contributed by atoms with E-state index in [0.29, 0.717) is 17.3 Å². The maximum Gasteiger partial charge on any atom is 0.338 e. The Kier molecular flexibility index (Phi) is 7.46. The number of carbonyl (C=O) groups excluding carboxylic acids is 1. The van der Waals surface area contributed by atoms with Gasteiger partial charge in [-0.05, 0) is 82.7 Å². The van der Waals surface area contributed by atoms with Gasteiger partial charge in [0.05, 0.1) is 12.2 Å². The van der Waals surface area contributed by atoms with Crippen LogP contribution >= 0.6 is 12.2 Å². The summed E-state index contributed by atoms with van der Waals surface area (Å²) >= 11 is 5.35. The number of hydrogen-bond acceptors (Lipinski definition) is 4. The molecule has 0 unspecified atom stereocenters. The quantitative estimate of drug-likeness (QED) is 0.448. The van der Waals surface area contributed by atoms with E-state index in [-0.39, 0.29) is 5.97 Å². The molecule has 5 nitrogen and oxygen atoms in total. The molecule has 6 heteroatoms. The van der Waals surface area contributed by atoms with Crippen LogP contribution in [0.5, 0.6) is 0 Å². The van der Waals surface area contributed by atoms with Gasteiger partial charge in [0.15, 0.2) is 5.11 Å². The van der Waals surface area contributed by atoms with Crippen LogP contribution in [0.2, 0.25) is 0 Å². The van der Waals surface area contributed by atoms with E-state index in [1.54, 1.807) is 13.0 Å². The Hall–Kier alpha value is -1.66. The molecule has 0 amide bonds. The molecule has 0 aliphatic carbocycles. The van der Waals surface area contributed by atoms with Crippen molar-refractivity contribution in [1.82, 2.24) is 10.2 Å². The maximum atomic E-state index is 11.9. The summed E-state index contributed by atoms with van der Waals surface area (Å²) in [6.45, 7) is 8.48. The van der Waals surface area contributed by atoms with Gasteiger partial charge >= 0.3 is 5.97 Å². The van der Waals surface area contributed by atoms with Gasteiger partial charge in [0, 0.05) is 12.2 Å². The van der Waals surface area contributed by atoms with Crippen LogP contribution in [0, 0.1) is 6.92 Å². The Morgan fingerprint density at radius 3 is 2.79 bits per heavy atom. The van der Waals surface area contributed by atoms with Crippen LogP contribution < -0.4 is 10.6 Å². The van der Waals surface area contributed by atoms with Gasteiger partial charge in [0.2, 0.25) is 0 Å². The molecule has 0 atom stereocenters. The summed E-state index contributed by atoms with van der Waals surface area (Å²) in [6.07, 6.45) is 3.72. The molecule has 2 rings (SSSR count). The summed E-state index contributed by atoms with van der Waals surface area (Å²) in [5.74, 6) is -0.303. The van der Waals surface area contributed by atoms with Gasteiger partial charge in [-0.1, -0.05) is 6.07 Å². The van der Waals surface area contributed by atoms with Crippen molar-refractivity contribution in [2.24, 2.45) is 0 Å². The van der Waals surface area contributed by atoms with E-state index in [0.717, 1.165) is 30.8 Å². The van der Waals surface area contributed by atoms with Crippen LogP contribution in [0.4, 0.5) is 5.69 Å². The molecule has 24 heavy (non-hydrogen) atoms. The molecule has 132 valence electrons. The van der Waals surface area contributed by atoms with E-state index < -0.39 is 0 Å². The van der Waals surface area contributed by atoms with Gasteiger partial charge in [0.25, 0.3) is 0 Å². The fourth-order valence-corrected chi connectivity index (χ4v) is 3.09. The van der Waals surface area contributed by atoms with E-state index in [4.69, 9.17) is 17.0 Å². The Labute approximate surface area is 149 Å². The van der Waals surface area contributed by atoms with Crippen molar-refractivity contribution in [3.8, 4) is 0 Å². The van der Waals surface area contributed by atoms with Gasteiger partial charge in [-0.2, -0.15) is 0 Å². The Bertz CT molecular complexity index is 571. The lowest BCUT2D eigenvalue weighted by atomic mass is 10.1. The van der Waals surface area contributed by atoms with Crippen molar-refractivity contribution in [3.05, 3.63) is 29.3 Å². The molecular weight excluding hydrogens is 322 g/mol. The fraction of sp³-hybridized carbons (Fsp3) is 0.556. The predicted molar refractivity (Wildman–Crippen MR) is 102 cm³/mol. The first-order valence-electron chi connectivity index (χ1n) is 8.65. The smallest absolute Gasteiger partial charge is 0.338 e. The second-order valence-corrected chi connectivity index (χ2v) is 6.39. The number of nitrogens with one attached hydrogen (secondary N) is 2. The predicted octanol–water partition coefficient (Wildman–Crippen LogP) is 2.94. The number of likely N-dealkylation sites (tertiary alicyclic amines) is 1. The second kappa shape index (κ2) is 9.59. The molecule has 1 aromatic rings. The summed E-state index contributed by atoms with van der Waals surface area (Å²) in [6, 6.07) is 5.51. The first kappa shape index (κ1) is 18.7. The Balaban J connectivity index is 1.80. The summed E-state index contributed by atoms with van der Waals surface area (Å²) in [7, 11) is 0. The number of carbonyl (C=O) groups is 1. The molecule has 1 fully saturated rings. The molecule has 0 bridgehead atoms. The summed E-state index contributed by atoms with van der Waals surface area (Å²) < 4.78 is 5.08. The largest absolute Gasteiger partial charge is 0.462 e. The summed E-state index contributed by atoms with van der Waals surface area (Å²) in [5, 5.41) is 6.99. The van der Waals surface area contributed by atoms with Gasteiger partial charge in [-0.25, -0.2) is 4.79 Å². The van der Waals surface area contributed by atoms with Gasteiger partial charge in [-0.15, -0.1) is 0 Å². The van der Waals surface area contributed by atoms with Gasteiger partial charge in [-0.3, -0.25) is 0 Å². The Morgan fingerprint density at radius 1 is 1.33 bits per heavy atom. The van der Waals surface area contributed by atoms with Crippen molar-refractivity contribution in [2.75, 3.05) is 38.1 Å². The average molecular weight is 350 g/mol. The lowest BCUT2D eigenvalue weighted by Crippen LogP contribution is -2.32. The molecule has 0 radical (unpaired) electrons. The number of thiocarbonyl (C=S) groups is 1. The number of benzene rings is 1. The van der Waals surface area contributed by atoms with Crippen LogP contribution in [0.1, 0.15) is 42.1 Å². The average Bonchev–Trinajstić information content (AvgIpc) is 3.07. The third kappa shape index (κ3) is 5.46. The standard InChI is InChI=1S/C18H27N3O2S/c1-3-23-17(22)15-8-6-9-16(14(15)2)20-18(24)19-10-7-13-21-11-4-5-12-21/h6,8-9H,3-5,7,10-13H2,1-2H3,(H2,19,20,24). The second-order valence-electron chi connectivity index (χ2n) is 5.98. The van der Waals surface area contributed by atoms with E-state index >= 15 is 0 Å². The van der Waals surface area contributed by atoms with E-state index in [9.17, 15) is 4.79 Å². The van der Waals surface area contributed by atoms with Crippen LogP contribution in [-0.4, -0.2) is 48.8 Å². The molecule has 2 N–H and O–H groups in total. The lowest BCUT2D eigenvalue weighted by Gasteiger charge is -2.16. The lowest BCUT2D eigenvalue weighted by molar-refractivity contribution is 0.0525. The molecule has 0 saturated carbocycles. The maximum absolute atomic E-state index is 11.9. The molecule has 0 aromatic heterocycles. The highest BCUT2D eigenvalue weighted by Gasteiger charge is 2.13. The highest BCUT2D eigenvalue weighted by atomic mass is 32.1. The van der Waals surface area contributed by atoms with Gasteiger partial charge < -0.3 is 20.3 Å². The topological polar surface area (TPSA) is 53.6 Å². The molecule has 1 saturated heterocycles. The van der Waals surface area contributed by atoms with E-state index in [1.807, 2.05) is 19.1 Å². The number of esters is 1. The first-order chi connectivity index (χ1) is 11.6. The van der Waals surface area contributed by atoms with Crippen LogP contribution in [0.25, 0.3) is 0 Å². The number of nitrogens with zero attached hydrogens (tertiary/aromatic N) is 1. The van der Waals surface area contributed by atoms with Crippen molar-refractivity contribution >= 4 is 29.0 Å². The minimum atomic E-state index is -0.303. The molecule has 1 aromatic carbocycles. The zero-order valence-electron chi connectivity index (χ0n) is 14.6. The number of ether oxygens (including phenoxy) is 1. The van der Waals surface area contributed by atoms with Crippen LogP contribution in [0.3, 0.4) is 0 Å². The monoisotopic (exact) mass is 349 g/mol. The van der Waals surface area contributed by atoms with Crippen molar-refractivity contribution in [3.63, 3.8) is 0 Å². The Morgan fingerprint density at radius 2 is 2.08 bits per heavy atom. The van der Waals surface area contributed by atoms with Crippen molar-refractivity contribution in [1.29, 1.82) is 0 Å². The van der Waals surface area contributed by atoms with Crippen LogP contribution in [0.15, 0.2) is 18.2 Å². The zero-order chi connectivity index (χ0) is 17.4. The molecule has 1 aliphatic rings. The van der Waals surface area contributed by atoms with E-state index in [2.05, 4.69) is 15.5 Å². The third-order valence-corrected chi connectivity index (χ3v) is 4.46. The normalized spacial score (nSPS) is 14.4. The van der Waals surface area contributed by atoms with Crippen LogP contribution in [-0.2, 0) is 4.74 Å². The number of rotatable bonds is 7. The van der Waals surface area contributed by atoms with E-state index in [1.165, 1.54) is 25.9 Å². The minimum Gasteiger partial charge on any atom is -0.462 e. The third-order valence-electron chi connectivity index (χ3n) is 4.21. The number of hydrogen-bond donors (Lipinski definition) is 2. The zero-order valence-corrected chi connectivity index (χ0v) is 15.4. The van der Waals surface area contributed by atoms with Crippen molar-refractivity contribution < 1.29 is 9.53 Å². The summed E-state index contributed by atoms with van der Waals surface area (Å²) in [5.41, 5.74) is 2.24. The molecule has 0 spiro atoms. The number of anilines is 1. The minimum absolute atomic E-state index is 0.303. The first-order valence-corrected chi connectivity index (χ1v) is 9.06. The van der Waals surface area contributed by atoms with Gasteiger partial charge in [0.1, 0.15) is 0 Å². The highest BCUT2D eigenvalue weighted by molar-refractivity contribution is 7.80. The molecule has 1 heterocycles. The molecular formula is C18H27N3O2S.